The lowest BCUT2D eigenvalue weighted by molar-refractivity contribution is 0.0734. The predicted molar refractivity (Wildman–Crippen MR) is 109 cm³/mol. The van der Waals surface area contributed by atoms with Gasteiger partial charge in [0.05, 0.1) is 11.1 Å². The second kappa shape index (κ2) is 7.82. The molecule has 0 unspecified atom stereocenters. The Bertz CT molecular complexity index is 1050. The lowest BCUT2D eigenvalue weighted by Crippen LogP contribution is -2.36. The van der Waals surface area contributed by atoms with E-state index in [0.717, 1.165) is 12.0 Å². The lowest BCUT2D eigenvalue weighted by Gasteiger charge is -2.28. The SMILES string of the molecule is O=C(Nc1cccc(Cl)c1)c1cncc(C(=O)N2CCc3ccccc3C2)c1. The standard InChI is InChI=1S/C22H18ClN3O2/c23-19-6-3-7-20(11-19)25-21(27)17-10-18(13-24-12-17)22(28)26-9-8-15-4-1-2-5-16(15)14-26/h1-7,10-13H,8-9,14H2,(H,25,27). The molecule has 4 rings (SSSR count). The van der Waals surface area contributed by atoms with Crippen molar-refractivity contribution < 1.29 is 9.59 Å². The molecule has 1 aliphatic rings. The number of nitrogens with one attached hydrogen (secondary N) is 1. The van der Waals surface area contributed by atoms with Gasteiger partial charge < -0.3 is 10.2 Å². The molecule has 1 aromatic heterocycles. The van der Waals surface area contributed by atoms with Crippen LogP contribution in [0.2, 0.25) is 5.02 Å². The van der Waals surface area contributed by atoms with Crippen LogP contribution in [0.4, 0.5) is 5.69 Å². The Balaban J connectivity index is 1.50. The number of benzene rings is 2. The Kier molecular flexibility index (Phi) is 5.08. The maximum Gasteiger partial charge on any atom is 0.257 e. The van der Waals surface area contributed by atoms with Gasteiger partial charge >= 0.3 is 0 Å². The predicted octanol–water partition coefficient (Wildman–Crippen LogP) is 4.19. The summed E-state index contributed by atoms with van der Waals surface area (Å²) in [7, 11) is 0. The Morgan fingerprint density at radius 1 is 0.964 bits per heavy atom. The van der Waals surface area contributed by atoms with E-state index in [4.69, 9.17) is 11.6 Å². The first-order chi connectivity index (χ1) is 13.6. The van der Waals surface area contributed by atoms with E-state index >= 15 is 0 Å². The highest BCUT2D eigenvalue weighted by molar-refractivity contribution is 6.31. The first-order valence-electron chi connectivity index (χ1n) is 8.98. The number of rotatable bonds is 3. The van der Waals surface area contributed by atoms with Gasteiger partial charge in [-0.3, -0.25) is 14.6 Å². The van der Waals surface area contributed by atoms with Gasteiger partial charge in [-0.25, -0.2) is 0 Å². The van der Waals surface area contributed by atoms with Crippen LogP contribution in [0.25, 0.3) is 0 Å². The summed E-state index contributed by atoms with van der Waals surface area (Å²) in [6.07, 6.45) is 3.77. The van der Waals surface area contributed by atoms with Crippen molar-refractivity contribution in [2.75, 3.05) is 11.9 Å². The van der Waals surface area contributed by atoms with Crippen LogP contribution < -0.4 is 5.32 Å². The average Bonchev–Trinajstić information content (AvgIpc) is 2.73. The highest BCUT2D eigenvalue weighted by Crippen LogP contribution is 2.21. The molecule has 0 fully saturated rings. The van der Waals surface area contributed by atoms with E-state index in [1.54, 1.807) is 35.2 Å². The summed E-state index contributed by atoms with van der Waals surface area (Å²) >= 11 is 5.95. The molecular formula is C22H18ClN3O2. The van der Waals surface area contributed by atoms with Gasteiger partial charge in [0.2, 0.25) is 0 Å². The van der Waals surface area contributed by atoms with Gasteiger partial charge in [-0.1, -0.05) is 41.9 Å². The maximum atomic E-state index is 12.9. The van der Waals surface area contributed by atoms with Crippen LogP contribution in [0, 0.1) is 0 Å². The number of anilines is 1. The molecule has 28 heavy (non-hydrogen) atoms. The van der Waals surface area contributed by atoms with Crippen molar-refractivity contribution in [2.24, 2.45) is 0 Å². The third-order valence-corrected chi connectivity index (χ3v) is 4.98. The topological polar surface area (TPSA) is 62.3 Å². The van der Waals surface area contributed by atoms with Crippen molar-refractivity contribution in [1.29, 1.82) is 0 Å². The molecule has 140 valence electrons. The molecule has 2 aromatic carbocycles. The summed E-state index contributed by atoms with van der Waals surface area (Å²) in [6, 6.07) is 16.6. The summed E-state index contributed by atoms with van der Waals surface area (Å²) < 4.78 is 0. The van der Waals surface area contributed by atoms with E-state index in [1.165, 1.54) is 18.0 Å². The van der Waals surface area contributed by atoms with Crippen molar-refractivity contribution in [3.63, 3.8) is 0 Å². The molecule has 0 aliphatic carbocycles. The van der Waals surface area contributed by atoms with Crippen LogP contribution in [-0.2, 0) is 13.0 Å². The zero-order valence-corrected chi connectivity index (χ0v) is 15.8. The van der Waals surface area contributed by atoms with E-state index in [9.17, 15) is 9.59 Å². The molecule has 2 heterocycles. The zero-order valence-electron chi connectivity index (χ0n) is 15.1. The molecule has 0 spiro atoms. The fraction of sp³-hybridized carbons (Fsp3) is 0.136. The Morgan fingerprint density at radius 2 is 1.75 bits per heavy atom. The summed E-state index contributed by atoms with van der Waals surface area (Å²) in [5.41, 5.74) is 3.74. The summed E-state index contributed by atoms with van der Waals surface area (Å²) in [5, 5.41) is 3.30. The van der Waals surface area contributed by atoms with Gasteiger partial charge in [0.15, 0.2) is 0 Å². The minimum absolute atomic E-state index is 0.126. The Labute approximate surface area is 168 Å². The normalized spacial score (nSPS) is 13.0. The van der Waals surface area contributed by atoms with Crippen LogP contribution in [-0.4, -0.2) is 28.2 Å². The smallest absolute Gasteiger partial charge is 0.257 e. The minimum Gasteiger partial charge on any atom is -0.334 e. The Hall–Kier alpha value is -3.18. The number of aromatic nitrogens is 1. The lowest BCUT2D eigenvalue weighted by atomic mass is 9.99. The van der Waals surface area contributed by atoms with Crippen molar-refractivity contribution in [3.8, 4) is 0 Å². The highest BCUT2D eigenvalue weighted by atomic mass is 35.5. The molecule has 1 N–H and O–H groups in total. The number of carbonyl (C=O) groups is 2. The van der Waals surface area contributed by atoms with E-state index in [1.807, 2.05) is 18.2 Å². The van der Waals surface area contributed by atoms with E-state index in [-0.39, 0.29) is 11.8 Å². The fourth-order valence-electron chi connectivity index (χ4n) is 3.30. The molecule has 0 radical (unpaired) electrons. The zero-order chi connectivity index (χ0) is 19.5. The molecule has 1 aliphatic heterocycles. The van der Waals surface area contributed by atoms with Crippen LogP contribution in [0.1, 0.15) is 31.8 Å². The van der Waals surface area contributed by atoms with Gasteiger partial charge in [0.1, 0.15) is 0 Å². The van der Waals surface area contributed by atoms with Crippen molar-refractivity contribution >= 4 is 29.1 Å². The third-order valence-electron chi connectivity index (χ3n) is 4.75. The van der Waals surface area contributed by atoms with E-state index < -0.39 is 0 Å². The third kappa shape index (κ3) is 3.89. The molecule has 5 nitrogen and oxygen atoms in total. The maximum absolute atomic E-state index is 12.9. The molecule has 2 amide bonds. The quantitative estimate of drug-likeness (QED) is 0.728. The van der Waals surface area contributed by atoms with Crippen LogP contribution >= 0.6 is 11.6 Å². The summed E-state index contributed by atoms with van der Waals surface area (Å²) in [4.78, 5) is 31.3. The highest BCUT2D eigenvalue weighted by Gasteiger charge is 2.22. The molecule has 0 saturated heterocycles. The van der Waals surface area contributed by atoms with Gasteiger partial charge in [-0.05, 0) is 41.8 Å². The van der Waals surface area contributed by atoms with Crippen LogP contribution in [0.3, 0.4) is 0 Å². The fourth-order valence-corrected chi connectivity index (χ4v) is 3.49. The monoisotopic (exact) mass is 391 g/mol. The molecule has 3 aromatic rings. The van der Waals surface area contributed by atoms with Gasteiger partial charge in [0.25, 0.3) is 11.8 Å². The number of hydrogen-bond donors (Lipinski definition) is 1. The number of nitrogens with zero attached hydrogens (tertiary/aromatic N) is 2. The second-order valence-corrected chi connectivity index (χ2v) is 7.11. The van der Waals surface area contributed by atoms with Crippen LogP contribution in [0.15, 0.2) is 67.0 Å². The second-order valence-electron chi connectivity index (χ2n) is 6.67. The first-order valence-corrected chi connectivity index (χ1v) is 9.36. The summed E-state index contributed by atoms with van der Waals surface area (Å²) in [6.45, 7) is 1.21. The Morgan fingerprint density at radius 3 is 2.57 bits per heavy atom. The van der Waals surface area contributed by atoms with Gasteiger partial charge in [0, 0.05) is 36.2 Å². The number of fused-ring (bicyclic) bond motifs is 1. The number of carbonyl (C=O) groups excluding carboxylic acids is 2. The van der Waals surface area contributed by atoms with Crippen molar-refractivity contribution in [3.05, 3.63) is 94.3 Å². The van der Waals surface area contributed by atoms with E-state index in [0.29, 0.717) is 34.9 Å². The number of hydrogen-bond acceptors (Lipinski definition) is 3. The first kappa shape index (κ1) is 18.2. The number of pyridine rings is 1. The average molecular weight is 392 g/mol. The van der Waals surface area contributed by atoms with Crippen LogP contribution in [0.5, 0.6) is 0 Å². The molecular weight excluding hydrogens is 374 g/mol. The molecule has 0 saturated carbocycles. The molecule has 0 bridgehead atoms. The van der Waals surface area contributed by atoms with Crippen molar-refractivity contribution in [1.82, 2.24) is 9.88 Å². The number of amides is 2. The molecule has 6 heteroatoms. The van der Waals surface area contributed by atoms with Gasteiger partial charge in [-0.15, -0.1) is 0 Å². The summed E-state index contributed by atoms with van der Waals surface area (Å²) in [5.74, 6) is -0.465. The molecule has 0 atom stereocenters. The minimum atomic E-state index is -0.339. The van der Waals surface area contributed by atoms with E-state index in [2.05, 4.69) is 16.4 Å². The van der Waals surface area contributed by atoms with Gasteiger partial charge in [-0.2, -0.15) is 0 Å². The number of halogens is 1. The largest absolute Gasteiger partial charge is 0.334 e. The van der Waals surface area contributed by atoms with Crippen molar-refractivity contribution in [2.45, 2.75) is 13.0 Å².